The molecular weight excluding hydrogens is 310 g/mol. The van der Waals surface area contributed by atoms with E-state index in [1.807, 2.05) is 18.2 Å². The lowest BCUT2D eigenvalue weighted by Crippen LogP contribution is -2.44. The fourth-order valence-electron chi connectivity index (χ4n) is 3.67. The molecule has 4 rings (SSSR count). The van der Waals surface area contributed by atoms with Crippen LogP contribution in [0.3, 0.4) is 0 Å². The predicted molar refractivity (Wildman–Crippen MR) is 86.3 cm³/mol. The zero-order valence-electron chi connectivity index (χ0n) is 13.9. The maximum absolute atomic E-state index is 5.72. The van der Waals surface area contributed by atoms with Crippen molar-refractivity contribution in [3.8, 4) is 22.9 Å². The van der Waals surface area contributed by atoms with Gasteiger partial charge in [0.1, 0.15) is 11.5 Å². The molecule has 2 aliphatic heterocycles. The van der Waals surface area contributed by atoms with Gasteiger partial charge >= 0.3 is 0 Å². The van der Waals surface area contributed by atoms with Gasteiger partial charge in [-0.15, -0.1) is 0 Å². The van der Waals surface area contributed by atoms with E-state index in [-0.39, 0.29) is 5.41 Å². The van der Waals surface area contributed by atoms with Gasteiger partial charge in [0, 0.05) is 19.2 Å². The lowest BCUT2D eigenvalue weighted by molar-refractivity contribution is 0.00198. The third kappa shape index (κ3) is 2.35. The topological polar surface area (TPSA) is 78.6 Å². The molecule has 0 bridgehead atoms. The number of rotatable bonds is 4. The van der Waals surface area contributed by atoms with Crippen LogP contribution in [0.15, 0.2) is 22.7 Å². The summed E-state index contributed by atoms with van der Waals surface area (Å²) in [5.74, 6) is 3.01. The Hall–Kier alpha value is -2.12. The first-order valence-electron chi connectivity index (χ1n) is 8.12. The average Bonchev–Trinajstić information content (AvgIpc) is 3.28. The maximum atomic E-state index is 5.72. The molecule has 3 heterocycles. The van der Waals surface area contributed by atoms with Crippen LogP contribution in [0.5, 0.6) is 11.5 Å². The Labute approximate surface area is 140 Å². The number of hydrogen-bond acceptors (Lipinski definition) is 7. The number of aromatic nitrogens is 2. The molecule has 24 heavy (non-hydrogen) atoms. The Morgan fingerprint density at radius 1 is 1.29 bits per heavy atom. The molecule has 1 aromatic heterocycles. The molecule has 1 N–H and O–H groups in total. The number of hydrogen-bond donors (Lipinski definition) is 1. The number of methoxy groups -OCH3 is 2. The Morgan fingerprint density at radius 3 is 3.04 bits per heavy atom. The lowest BCUT2D eigenvalue weighted by atomic mass is 9.75. The molecule has 2 aliphatic rings. The van der Waals surface area contributed by atoms with Crippen molar-refractivity contribution in [2.75, 3.05) is 40.5 Å². The molecule has 0 radical (unpaired) electrons. The van der Waals surface area contributed by atoms with Gasteiger partial charge < -0.3 is 24.1 Å². The van der Waals surface area contributed by atoms with E-state index < -0.39 is 0 Å². The highest BCUT2D eigenvalue weighted by atomic mass is 16.5. The van der Waals surface area contributed by atoms with E-state index in [0.717, 1.165) is 37.4 Å². The highest BCUT2D eigenvalue weighted by Gasteiger charge is 2.50. The van der Waals surface area contributed by atoms with E-state index in [2.05, 4.69) is 15.5 Å². The summed E-state index contributed by atoms with van der Waals surface area (Å²) in [5.41, 5.74) is 0.562. The molecule has 2 saturated heterocycles. The number of benzene rings is 1. The Morgan fingerprint density at radius 2 is 2.21 bits per heavy atom. The molecule has 2 atom stereocenters. The van der Waals surface area contributed by atoms with Gasteiger partial charge in [-0.25, -0.2) is 0 Å². The smallest absolute Gasteiger partial charge is 0.237 e. The van der Waals surface area contributed by atoms with Crippen molar-refractivity contribution in [3.63, 3.8) is 0 Å². The zero-order chi connectivity index (χ0) is 16.6. The van der Waals surface area contributed by atoms with Crippen molar-refractivity contribution < 1.29 is 18.7 Å². The number of fused-ring (bicyclic) bond motifs is 1. The van der Waals surface area contributed by atoms with E-state index >= 15 is 0 Å². The average molecular weight is 331 g/mol. The van der Waals surface area contributed by atoms with E-state index in [4.69, 9.17) is 18.7 Å². The molecule has 0 aliphatic carbocycles. The Bertz CT molecular complexity index is 732. The Balaban J connectivity index is 1.70. The monoisotopic (exact) mass is 331 g/mol. The summed E-state index contributed by atoms with van der Waals surface area (Å²) in [6.07, 6.45) is 1.01. The van der Waals surface area contributed by atoms with Crippen molar-refractivity contribution in [3.05, 3.63) is 24.1 Å². The second-order valence-corrected chi connectivity index (χ2v) is 6.31. The summed E-state index contributed by atoms with van der Waals surface area (Å²) >= 11 is 0. The molecule has 128 valence electrons. The van der Waals surface area contributed by atoms with Gasteiger partial charge in [0.15, 0.2) is 0 Å². The van der Waals surface area contributed by atoms with Crippen LogP contribution < -0.4 is 14.8 Å². The largest absolute Gasteiger partial charge is 0.497 e. The molecule has 0 spiro atoms. The third-order valence-corrected chi connectivity index (χ3v) is 5.08. The molecule has 7 nitrogen and oxygen atoms in total. The summed E-state index contributed by atoms with van der Waals surface area (Å²) in [4.78, 5) is 4.68. The second kappa shape index (κ2) is 6.07. The summed E-state index contributed by atoms with van der Waals surface area (Å²) in [6, 6.07) is 5.55. The van der Waals surface area contributed by atoms with Gasteiger partial charge in [-0.3, -0.25) is 0 Å². The summed E-state index contributed by atoms with van der Waals surface area (Å²) in [5, 5.41) is 7.63. The van der Waals surface area contributed by atoms with Crippen LogP contribution in [0.4, 0.5) is 0 Å². The molecule has 2 fully saturated rings. The molecule has 2 aromatic rings. The van der Waals surface area contributed by atoms with Gasteiger partial charge in [0.2, 0.25) is 11.7 Å². The van der Waals surface area contributed by atoms with E-state index in [1.165, 1.54) is 0 Å². The van der Waals surface area contributed by atoms with E-state index in [9.17, 15) is 0 Å². The number of nitrogens with one attached hydrogen (secondary N) is 1. The highest BCUT2D eigenvalue weighted by molar-refractivity contribution is 5.65. The summed E-state index contributed by atoms with van der Waals surface area (Å²) < 4.78 is 22.1. The van der Waals surface area contributed by atoms with E-state index in [0.29, 0.717) is 30.0 Å². The van der Waals surface area contributed by atoms with Crippen LogP contribution in [0.2, 0.25) is 0 Å². The zero-order valence-corrected chi connectivity index (χ0v) is 13.9. The quantitative estimate of drug-likeness (QED) is 0.912. The summed E-state index contributed by atoms with van der Waals surface area (Å²) in [6.45, 7) is 3.18. The Kier molecular flexibility index (Phi) is 3.90. The predicted octanol–water partition coefficient (Wildman–Crippen LogP) is 1.63. The van der Waals surface area contributed by atoms with Crippen LogP contribution in [0, 0.1) is 5.92 Å². The van der Waals surface area contributed by atoms with Gasteiger partial charge in [0.25, 0.3) is 0 Å². The number of ether oxygens (including phenoxy) is 3. The van der Waals surface area contributed by atoms with Crippen LogP contribution in [-0.4, -0.2) is 50.7 Å². The fraction of sp³-hybridized carbons (Fsp3) is 0.529. The van der Waals surface area contributed by atoms with Gasteiger partial charge in [-0.05, 0) is 31.0 Å². The molecule has 0 unspecified atom stereocenters. The molecular formula is C17H21N3O4. The van der Waals surface area contributed by atoms with Gasteiger partial charge in [-0.2, -0.15) is 4.98 Å². The molecule has 7 heteroatoms. The van der Waals surface area contributed by atoms with Crippen LogP contribution in [-0.2, 0) is 10.2 Å². The second-order valence-electron chi connectivity index (χ2n) is 6.31. The SMILES string of the molecule is COc1ccc(-c2noc([C@]34CNC[C@H]3CCOC4)n2)c(OC)c1. The molecule has 1 aromatic carbocycles. The van der Waals surface area contributed by atoms with Crippen molar-refractivity contribution in [1.82, 2.24) is 15.5 Å². The number of nitrogens with zero attached hydrogens (tertiary/aromatic N) is 2. The molecule has 0 amide bonds. The van der Waals surface area contributed by atoms with Crippen molar-refractivity contribution in [2.24, 2.45) is 5.92 Å². The van der Waals surface area contributed by atoms with E-state index in [1.54, 1.807) is 14.2 Å². The maximum Gasteiger partial charge on any atom is 0.237 e. The third-order valence-electron chi connectivity index (χ3n) is 5.08. The van der Waals surface area contributed by atoms with Crippen molar-refractivity contribution in [1.29, 1.82) is 0 Å². The minimum atomic E-state index is -0.219. The first-order chi connectivity index (χ1) is 11.8. The minimum absolute atomic E-state index is 0.219. The normalized spacial score (nSPS) is 26.2. The van der Waals surface area contributed by atoms with Gasteiger partial charge in [0.05, 0.1) is 31.8 Å². The fourth-order valence-corrected chi connectivity index (χ4v) is 3.67. The van der Waals surface area contributed by atoms with Crippen molar-refractivity contribution >= 4 is 0 Å². The van der Waals surface area contributed by atoms with Crippen LogP contribution in [0.1, 0.15) is 12.3 Å². The van der Waals surface area contributed by atoms with Crippen LogP contribution in [0.25, 0.3) is 11.4 Å². The first-order valence-corrected chi connectivity index (χ1v) is 8.12. The minimum Gasteiger partial charge on any atom is -0.497 e. The van der Waals surface area contributed by atoms with Gasteiger partial charge in [-0.1, -0.05) is 5.16 Å². The lowest BCUT2D eigenvalue weighted by Gasteiger charge is -2.34. The van der Waals surface area contributed by atoms with Crippen molar-refractivity contribution in [2.45, 2.75) is 11.8 Å². The summed E-state index contributed by atoms with van der Waals surface area (Å²) in [7, 11) is 3.24. The standard InChI is InChI=1S/C17H21N3O4/c1-21-12-3-4-13(14(7-12)22-2)15-19-16(24-20-15)17-9-18-8-11(17)5-6-23-10-17/h3-4,7,11,18H,5-6,8-10H2,1-2H3/t11-,17+/m1/s1. The highest BCUT2D eigenvalue weighted by Crippen LogP contribution is 2.41. The van der Waals surface area contributed by atoms with Crippen LogP contribution >= 0.6 is 0 Å². The molecule has 0 saturated carbocycles. The first kappa shape index (κ1) is 15.4.